The Bertz CT molecular complexity index is 982. The average molecular weight is 356 g/mol. The molecular formula is C17H12N2O5S. The maximum absolute atomic E-state index is 11.9. The van der Waals surface area contributed by atoms with Crippen LogP contribution in [0, 0.1) is 11.3 Å². The van der Waals surface area contributed by atoms with E-state index < -0.39 is 18.5 Å². The maximum Gasteiger partial charge on any atom is 0.310 e. The van der Waals surface area contributed by atoms with Crippen LogP contribution in [0.3, 0.4) is 0 Å². The molecule has 8 heteroatoms. The number of hydrogen-bond donors (Lipinski definition) is 2. The molecule has 126 valence electrons. The minimum atomic E-state index is -0.586. The second-order valence-electron chi connectivity index (χ2n) is 5.10. The number of anilines is 1. The Kier molecular flexibility index (Phi) is 4.68. The molecule has 1 aromatic carbocycles. The number of nitriles is 1. The number of benzene rings is 1. The van der Waals surface area contributed by atoms with Crippen LogP contribution >= 0.6 is 11.3 Å². The largest absolute Gasteiger partial charge is 0.508 e. The standard InChI is InChI=1S/C17H12N2O5S/c18-7-10-3-4-25-17(10)19-15(21)9-24-16(22)5-11-8-23-14-6-12(20)1-2-13(11)14/h1-4,6,8,20H,5,9H2,(H,19,21). The van der Waals surface area contributed by atoms with E-state index in [9.17, 15) is 14.7 Å². The van der Waals surface area contributed by atoms with Gasteiger partial charge in [-0.15, -0.1) is 11.3 Å². The first-order valence-electron chi connectivity index (χ1n) is 7.19. The minimum Gasteiger partial charge on any atom is -0.508 e. The molecule has 0 spiro atoms. The van der Waals surface area contributed by atoms with Gasteiger partial charge in [-0.05, 0) is 23.6 Å². The summed E-state index contributed by atoms with van der Waals surface area (Å²) in [6, 6.07) is 8.13. The van der Waals surface area contributed by atoms with Gasteiger partial charge < -0.3 is 19.6 Å². The Morgan fingerprint density at radius 1 is 1.36 bits per heavy atom. The predicted molar refractivity (Wildman–Crippen MR) is 90.2 cm³/mol. The van der Waals surface area contributed by atoms with Crippen molar-refractivity contribution >= 4 is 39.2 Å². The summed E-state index contributed by atoms with van der Waals surface area (Å²) in [5, 5.41) is 23.6. The molecule has 0 bridgehead atoms. The van der Waals surface area contributed by atoms with Crippen LogP contribution in [0.4, 0.5) is 5.00 Å². The summed E-state index contributed by atoms with van der Waals surface area (Å²) in [6.45, 7) is -0.446. The number of ether oxygens (including phenoxy) is 1. The van der Waals surface area contributed by atoms with E-state index in [1.165, 1.54) is 29.7 Å². The summed E-state index contributed by atoms with van der Waals surface area (Å²) in [5.41, 5.74) is 1.42. The number of hydrogen-bond acceptors (Lipinski definition) is 7. The van der Waals surface area contributed by atoms with E-state index in [0.717, 1.165) is 0 Å². The summed E-state index contributed by atoms with van der Waals surface area (Å²) < 4.78 is 10.2. The van der Waals surface area contributed by atoms with Crippen molar-refractivity contribution < 1.29 is 23.8 Å². The highest BCUT2D eigenvalue weighted by molar-refractivity contribution is 7.14. The lowest BCUT2D eigenvalue weighted by molar-refractivity contribution is -0.146. The van der Waals surface area contributed by atoms with Gasteiger partial charge in [0, 0.05) is 17.0 Å². The van der Waals surface area contributed by atoms with Crippen LogP contribution in [0.5, 0.6) is 5.75 Å². The summed E-state index contributed by atoms with van der Waals surface area (Å²) >= 11 is 1.22. The highest BCUT2D eigenvalue weighted by atomic mass is 32.1. The van der Waals surface area contributed by atoms with Crippen LogP contribution in [0.2, 0.25) is 0 Å². The van der Waals surface area contributed by atoms with Crippen molar-refractivity contribution in [2.45, 2.75) is 6.42 Å². The molecule has 0 aliphatic heterocycles. The molecule has 25 heavy (non-hydrogen) atoms. The smallest absolute Gasteiger partial charge is 0.310 e. The fourth-order valence-corrected chi connectivity index (χ4v) is 2.97. The molecule has 2 N–H and O–H groups in total. The van der Waals surface area contributed by atoms with Crippen molar-refractivity contribution in [3.63, 3.8) is 0 Å². The third-order valence-electron chi connectivity index (χ3n) is 3.38. The van der Waals surface area contributed by atoms with Crippen molar-refractivity contribution in [1.82, 2.24) is 0 Å². The molecule has 3 aromatic rings. The second kappa shape index (κ2) is 7.07. The SMILES string of the molecule is N#Cc1ccsc1NC(=O)COC(=O)Cc1coc2cc(O)ccc12. The van der Waals surface area contributed by atoms with Crippen LogP contribution < -0.4 is 5.32 Å². The van der Waals surface area contributed by atoms with Crippen molar-refractivity contribution in [2.24, 2.45) is 0 Å². The summed E-state index contributed by atoms with van der Waals surface area (Å²) in [7, 11) is 0. The number of nitrogens with one attached hydrogen (secondary N) is 1. The van der Waals surface area contributed by atoms with Gasteiger partial charge in [-0.3, -0.25) is 9.59 Å². The van der Waals surface area contributed by atoms with Gasteiger partial charge in [-0.2, -0.15) is 5.26 Å². The third kappa shape index (κ3) is 3.79. The molecule has 0 aliphatic rings. The van der Waals surface area contributed by atoms with E-state index in [4.69, 9.17) is 14.4 Å². The van der Waals surface area contributed by atoms with E-state index in [-0.39, 0.29) is 12.2 Å². The zero-order valence-electron chi connectivity index (χ0n) is 12.8. The number of aromatic hydroxyl groups is 1. The van der Waals surface area contributed by atoms with Gasteiger partial charge in [0.2, 0.25) is 0 Å². The van der Waals surface area contributed by atoms with Crippen molar-refractivity contribution in [2.75, 3.05) is 11.9 Å². The molecule has 0 unspecified atom stereocenters. The monoisotopic (exact) mass is 356 g/mol. The Balaban J connectivity index is 1.55. The summed E-state index contributed by atoms with van der Waals surface area (Å²) in [5.74, 6) is -1.04. The van der Waals surface area contributed by atoms with Gasteiger partial charge in [-0.1, -0.05) is 0 Å². The van der Waals surface area contributed by atoms with Crippen LogP contribution in [-0.4, -0.2) is 23.6 Å². The molecule has 0 atom stereocenters. The third-order valence-corrected chi connectivity index (χ3v) is 4.21. The molecule has 0 aliphatic carbocycles. The van der Waals surface area contributed by atoms with E-state index in [2.05, 4.69) is 5.32 Å². The number of phenols is 1. The molecule has 2 heterocycles. The zero-order valence-corrected chi connectivity index (χ0v) is 13.6. The number of thiophene rings is 1. The molecule has 3 rings (SSSR count). The Hall–Kier alpha value is -3.31. The molecular weight excluding hydrogens is 344 g/mol. The Labute approximate surface area is 146 Å². The number of esters is 1. The van der Waals surface area contributed by atoms with Gasteiger partial charge in [0.25, 0.3) is 5.91 Å². The minimum absolute atomic E-state index is 0.0620. The summed E-state index contributed by atoms with van der Waals surface area (Å²) in [6.07, 6.45) is 1.35. The maximum atomic E-state index is 11.9. The van der Waals surface area contributed by atoms with Crippen molar-refractivity contribution in [1.29, 1.82) is 5.26 Å². The number of phenolic OH excluding ortho intramolecular Hbond substituents is 1. The molecule has 0 saturated carbocycles. The lowest BCUT2D eigenvalue weighted by Crippen LogP contribution is -2.21. The number of rotatable bonds is 5. The number of fused-ring (bicyclic) bond motifs is 1. The highest BCUT2D eigenvalue weighted by Gasteiger charge is 2.14. The number of furan rings is 1. The van der Waals surface area contributed by atoms with Gasteiger partial charge >= 0.3 is 5.97 Å². The topological polar surface area (TPSA) is 113 Å². The first-order chi connectivity index (χ1) is 12.1. The van der Waals surface area contributed by atoms with Crippen molar-refractivity contribution in [3.05, 3.63) is 47.0 Å². The molecule has 0 radical (unpaired) electrons. The normalized spacial score (nSPS) is 10.4. The lowest BCUT2D eigenvalue weighted by atomic mass is 10.1. The van der Waals surface area contributed by atoms with E-state index in [0.29, 0.717) is 27.1 Å². The lowest BCUT2D eigenvalue weighted by Gasteiger charge is -2.05. The van der Waals surface area contributed by atoms with E-state index in [1.807, 2.05) is 6.07 Å². The number of carbonyl (C=O) groups is 2. The van der Waals surface area contributed by atoms with Gasteiger partial charge in [0.15, 0.2) is 6.61 Å². The van der Waals surface area contributed by atoms with Crippen molar-refractivity contribution in [3.8, 4) is 11.8 Å². The first-order valence-corrected chi connectivity index (χ1v) is 8.07. The molecule has 0 saturated heterocycles. The molecule has 0 fully saturated rings. The highest BCUT2D eigenvalue weighted by Crippen LogP contribution is 2.25. The summed E-state index contributed by atoms with van der Waals surface area (Å²) in [4.78, 5) is 23.7. The van der Waals surface area contributed by atoms with Crippen LogP contribution in [0.25, 0.3) is 11.0 Å². The number of nitrogens with zero attached hydrogens (tertiary/aromatic N) is 1. The van der Waals surface area contributed by atoms with E-state index in [1.54, 1.807) is 17.5 Å². The quantitative estimate of drug-likeness (QED) is 0.680. The van der Waals surface area contributed by atoms with Gasteiger partial charge in [-0.25, -0.2) is 0 Å². The fraction of sp³-hybridized carbons (Fsp3) is 0.118. The van der Waals surface area contributed by atoms with Crippen LogP contribution in [0.1, 0.15) is 11.1 Å². The van der Waals surface area contributed by atoms with Gasteiger partial charge in [0.1, 0.15) is 22.4 Å². The van der Waals surface area contributed by atoms with Crippen LogP contribution in [-0.2, 0) is 20.7 Å². The number of carbonyl (C=O) groups excluding carboxylic acids is 2. The van der Waals surface area contributed by atoms with Gasteiger partial charge in [0.05, 0.1) is 18.2 Å². The van der Waals surface area contributed by atoms with Crippen LogP contribution in [0.15, 0.2) is 40.3 Å². The Morgan fingerprint density at radius 2 is 2.20 bits per heavy atom. The average Bonchev–Trinajstić information content (AvgIpc) is 3.19. The predicted octanol–water partition coefficient (Wildman–Crippen LogP) is 2.80. The van der Waals surface area contributed by atoms with E-state index >= 15 is 0 Å². The first kappa shape index (κ1) is 16.5. The second-order valence-corrected chi connectivity index (χ2v) is 6.02. The number of amides is 1. The Morgan fingerprint density at radius 3 is 3.00 bits per heavy atom. The molecule has 2 aromatic heterocycles. The fourth-order valence-electron chi connectivity index (χ4n) is 2.22. The molecule has 1 amide bonds. The molecule has 7 nitrogen and oxygen atoms in total. The zero-order chi connectivity index (χ0) is 17.8.